The first-order valence-electron chi connectivity index (χ1n) is 12.6. The first-order chi connectivity index (χ1) is 16.6. The van der Waals surface area contributed by atoms with E-state index >= 15 is 0 Å². The molecule has 0 saturated heterocycles. The van der Waals surface area contributed by atoms with E-state index in [1.54, 1.807) is 0 Å². The van der Waals surface area contributed by atoms with Crippen LogP contribution in [0.2, 0.25) is 0 Å². The van der Waals surface area contributed by atoms with Crippen molar-refractivity contribution in [3.63, 3.8) is 0 Å². The van der Waals surface area contributed by atoms with Gasteiger partial charge in [-0.2, -0.15) is 5.10 Å². The van der Waals surface area contributed by atoms with Gasteiger partial charge >= 0.3 is 0 Å². The van der Waals surface area contributed by atoms with Crippen LogP contribution in [0.5, 0.6) is 0 Å². The van der Waals surface area contributed by atoms with Gasteiger partial charge in [0.2, 0.25) is 5.95 Å². The lowest BCUT2D eigenvalue weighted by Crippen LogP contribution is -2.06. The van der Waals surface area contributed by atoms with Gasteiger partial charge in [-0.25, -0.2) is 14.5 Å². The highest BCUT2D eigenvalue weighted by Crippen LogP contribution is 2.36. The monoisotopic (exact) mass is 456 g/mol. The molecule has 4 rings (SSSR count). The second-order valence-corrected chi connectivity index (χ2v) is 9.03. The van der Waals surface area contributed by atoms with Gasteiger partial charge in [0.15, 0.2) is 0 Å². The zero-order chi connectivity index (χ0) is 23.9. The predicted molar refractivity (Wildman–Crippen MR) is 143 cm³/mol. The Kier molecular flexibility index (Phi) is 7.78. The van der Waals surface area contributed by atoms with Crippen LogP contribution in [0, 0.1) is 0 Å². The zero-order valence-electron chi connectivity index (χ0n) is 20.8. The average Bonchev–Trinajstić information content (AvgIpc) is 3.25. The summed E-state index contributed by atoms with van der Waals surface area (Å²) in [6, 6.07) is 17.0. The molecule has 6 heteroatoms. The van der Waals surface area contributed by atoms with Crippen molar-refractivity contribution >= 4 is 17.3 Å². The Labute approximate surface area is 202 Å². The molecule has 2 N–H and O–H groups in total. The van der Waals surface area contributed by atoms with Crippen molar-refractivity contribution in [2.45, 2.75) is 59.3 Å². The maximum absolute atomic E-state index is 5.09. The van der Waals surface area contributed by atoms with Gasteiger partial charge in [-0.15, -0.1) is 0 Å². The van der Waals surface area contributed by atoms with Crippen molar-refractivity contribution in [1.82, 2.24) is 19.6 Å². The third-order valence-electron chi connectivity index (χ3n) is 6.07. The van der Waals surface area contributed by atoms with Crippen LogP contribution in [0.4, 0.5) is 11.8 Å². The fourth-order valence-corrected chi connectivity index (χ4v) is 4.04. The molecule has 0 radical (unpaired) electrons. The van der Waals surface area contributed by atoms with E-state index in [4.69, 9.17) is 10.1 Å². The van der Waals surface area contributed by atoms with E-state index in [1.807, 2.05) is 16.8 Å². The quantitative estimate of drug-likeness (QED) is 0.238. The Morgan fingerprint density at radius 3 is 2.32 bits per heavy atom. The standard InChI is InChI=1S/C28H36N6/c1-5-7-17-29-25-11-9-10-24-26(23-16-19-31-28(32-23)30-18-8-6-2)27(33-34(24)25)22-14-12-21(13-15-22)20(3)4/h9-16,19-20,29H,5-8,17-18H2,1-4H3,(H,30,31,32). The second-order valence-electron chi connectivity index (χ2n) is 9.03. The summed E-state index contributed by atoms with van der Waals surface area (Å²) >= 11 is 0. The van der Waals surface area contributed by atoms with E-state index in [0.29, 0.717) is 11.9 Å². The summed E-state index contributed by atoms with van der Waals surface area (Å²) in [5.41, 5.74) is 6.26. The minimum atomic E-state index is 0.488. The lowest BCUT2D eigenvalue weighted by atomic mass is 9.98. The number of pyridine rings is 1. The van der Waals surface area contributed by atoms with Crippen molar-refractivity contribution < 1.29 is 0 Å². The SMILES string of the molecule is CCCCNc1nccc(-c2c(-c3ccc(C(C)C)cc3)nn3c(NCCCC)cccc23)n1. The van der Waals surface area contributed by atoms with Gasteiger partial charge in [-0.3, -0.25) is 0 Å². The number of hydrogen-bond donors (Lipinski definition) is 2. The molecule has 4 aromatic rings. The molecule has 0 aliphatic heterocycles. The van der Waals surface area contributed by atoms with Crippen LogP contribution in [-0.4, -0.2) is 32.7 Å². The number of unbranched alkanes of at least 4 members (excludes halogenated alkanes) is 2. The highest BCUT2D eigenvalue weighted by molar-refractivity contribution is 5.91. The van der Waals surface area contributed by atoms with E-state index in [1.165, 1.54) is 5.56 Å². The summed E-state index contributed by atoms with van der Waals surface area (Å²) in [7, 11) is 0. The summed E-state index contributed by atoms with van der Waals surface area (Å²) in [5, 5.41) is 12.0. The Morgan fingerprint density at radius 2 is 1.62 bits per heavy atom. The molecule has 1 aromatic carbocycles. The van der Waals surface area contributed by atoms with Crippen LogP contribution in [-0.2, 0) is 0 Å². The Hall–Kier alpha value is -3.41. The molecule has 3 aromatic heterocycles. The fourth-order valence-electron chi connectivity index (χ4n) is 4.04. The summed E-state index contributed by atoms with van der Waals surface area (Å²) < 4.78 is 2.02. The number of hydrogen-bond acceptors (Lipinski definition) is 5. The highest BCUT2D eigenvalue weighted by Gasteiger charge is 2.20. The van der Waals surface area contributed by atoms with Gasteiger partial charge in [0.05, 0.1) is 16.8 Å². The van der Waals surface area contributed by atoms with E-state index in [9.17, 15) is 0 Å². The molecule has 0 spiro atoms. The summed E-state index contributed by atoms with van der Waals surface area (Å²) in [6.07, 6.45) is 6.31. The lowest BCUT2D eigenvalue weighted by molar-refractivity contribution is 0.822. The molecular weight excluding hydrogens is 420 g/mol. The number of benzene rings is 1. The number of anilines is 2. The number of nitrogens with one attached hydrogen (secondary N) is 2. The minimum Gasteiger partial charge on any atom is -0.370 e. The average molecular weight is 457 g/mol. The smallest absolute Gasteiger partial charge is 0.223 e. The van der Waals surface area contributed by atoms with Gasteiger partial charge in [0.25, 0.3) is 0 Å². The predicted octanol–water partition coefficient (Wildman–Crippen LogP) is 7.01. The van der Waals surface area contributed by atoms with E-state index in [2.05, 4.69) is 85.8 Å². The van der Waals surface area contributed by atoms with Crippen molar-refractivity contribution in [2.24, 2.45) is 0 Å². The molecule has 0 aliphatic carbocycles. The number of aromatic nitrogens is 4. The summed E-state index contributed by atoms with van der Waals surface area (Å²) in [5.74, 6) is 2.14. The molecule has 3 heterocycles. The molecule has 0 amide bonds. The van der Waals surface area contributed by atoms with Gasteiger partial charge in [0, 0.05) is 24.8 Å². The Bertz CT molecular complexity index is 1210. The number of fused-ring (bicyclic) bond motifs is 1. The maximum atomic E-state index is 5.09. The van der Waals surface area contributed by atoms with Crippen LogP contribution >= 0.6 is 0 Å². The Balaban J connectivity index is 1.84. The lowest BCUT2D eigenvalue weighted by Gasteiger charge is -2.09. The van der Waals surface area contributed by atoms with Gasteiger partial charge in [-0.05, 0) is 42.5 Å². The molecule has 0 unspecified atom stereocenters. The van der Waals surface area contributed by atoms with Crippen molar-refractivity contribution in [3.05, 3.63) is 60.3 Å². The molecule has 178 valence electrons. The largest absolute Gasteiger partial charge is 0.370 e. The molecule has 0 bridgehead atoms. The third-order valence-corrected chi connectivity index (χ3v) is 6.07. The van der Waals surface area contributed by atoms with Gasteiger partial charge in [0.1, 0.15) is 11.5 Å². The van der Waals surface area contributed by atoms with E-state index in [-0.39, 0.29) is 0 Å². The molecule has 0 aliphatic rings. The molecule has 34 heavy (non-hydrogen) atoms. The first kappa shape index (κ1) is 23.7. The topological polar surface area (TPSA) is 67.1 Å². The zero-order valence-corrected chi connectivity index (χ0v) is 20.8. The normalized spacial score (nSPS) is 11.3. The van der Waals surface area contributed by atoms with Crippen LogP contribution < -0.4 is 10.6 Å². The summed E-state index contributed by atoms with van der Waals surface area (Å²) in [6.45, 7) is 10.6. The van der Waals surface area contributed by atoms with Gasteiger partial charge in [-0.1, -0.05) is 70.9 Å². The second kappa shape index (κ2) is 11.1. The molecule has 0 saturated carbocycles. The Morgan fingerprint density at radius 1 is 0.882 bits per heavy atom. The van der Waals surface area contributed by atoms with Crippen molar-refractivity contribution in [1.29, 1.82) is 0 Å². The van der Waals surface area contributed by atoms with Crippen LogP contribution in [0.3, 0.4) is 0 Å². The molecular formula is C28H36N6. The highest BCUT2D eigenvalue weighted by atomic mass is 15.3. The number of nitrogens with zero attached hydrogens (tertiary/aromatic N) is 4. The van der Waals surface area contributed by atoms with Crippen LogP contribution in [0.1, 0.15) is 64.9 Å². The van der Waals surface area contributed by atoms with Crippen molar-refractivity contribution in [3.8, 4) is 22.5 Å². The first-order valence-corrected chi connectivity index (χ1v) is 12.6. The van der Waals surface area contributed by atoms with Crippen molar-refractivity contribution in [2.75, 3.05) is 23.7 Å². The molecule has 0 atom stereocenters. The van der Waals surface area contributed by atoms with Crippen LogP contribution in [0.25, 0.3) is 28.0 Å². The van der Waals surface area contributed by atoms with E-state index in [0.717, 1.165) is 72.6 Å². The van der Waals surface area contributed by atoms with Gasteiger partial charge < -0.3 is 10.6 Å². The minimum absolute atomic E-state index is 0.488. The molecule has 6 nitrogen and oxygen atoms in total. The summed E-state index contributed by atoms with van der Waals surface area (Å²) in [4.78, 5) is 9.32. The fraction of sp³-hybridized carbons (Fsp3) is 0.393. The maximum Gasteiger partial charge on any atom is 0.223 e. The molecule has 0 fully saturated rings. The van der Waals surface area contributed by atoms with E-state index < -0.39 is 0 Å². The van der Waals surface area contributed by atoms with Crippen LogP contribution in [0.15, 0.2) is 54.7 Å². The number of rotatable bonds is 11. The third kappa shape index (κ3) is 5.22.